The van der Waals surface area contributed by atoms with Gasteiger partial charge in [-0.3, -0.25) is 9.59 Å². The van der Waals surface area contributed by atoms with Crippen molar-refractivity contribution in [1.29, 1.82) is 0 Å². The number of carbonyl (C=O) groups excluding carboxylic acids is 3. The lowest BCUT2D eigenvalue weighted by molar-refractivity contribution is -0.251. The van der Waals surface area contributed by atoms with Crippen LogP contribution in [0.2, 0.25) is 19.6 Å². The van der Waals surface area contributed by atoms with Crippen LogP contribution in [0.25, 0.3) is 0 Å². The molecule has 2 aliphatic heterocycles. The second kappa shape index (κ2) is 9.39. The third kappa shape index (κ3) is 3.41. The van der Waals surface area contributed by atoms with E-state index in [1.54, 1.807) is 32.1 Å². The van der Waals surface area contributed by atoms with Crippen LogP contribution < -0.4 is 9.47 Å². The van der Waals surface area contributed by atoms with Crippen molar-refractivity contribution in [2.45, 2.75) is 69.6 Å². The minimum absolute atomic E-state index is 0.0354. The Morgan fingerprint density at radius 1 is 1.13 bits per heavy atom. The molecule has 1 N–H and O–H groups in total. The molecule has 5 atom stereocenters. The van der Waals surface area contributed by atoms with E-state index in [9.17, 15) is 19.5 Å². The smallest absolute Gasteiger partial charge is 0.329 e. The lowest BCUT2D eigenvalue weighted by Gasteiger charge is -2.70. The first-order valence-corrected chi connectivity index (χ1v) is 16.2. The molecule has 0 bridgehead atoms. The van der Waals surface area contributed by atoms with E-state index < -0.39 is 54.9 Å². The molecule has 1 saturated heterocycles. The fourth-order valence-corrected chi connectivity index (χ4v) is 8.21. The molecule has 0 radical (unpaired) electrons. The van der Waals surface area contributed by atoms with Crippen molar-refractivity contribution in [3.63, 3.8) is 0 Å². The average molecular weight is 548 g/mol. The van der Waals surface area contributed by atoms with Crippen molar-refractivity contribution >= 4 is 26.2 Å². The van der Waals surface area contributed by atoms with E-state index in [-0.39, 0.29) is 26.1 Å². The Balaban J connectivity index is 2.17. The van der Waals surface area contributed by atoms with Crippen LogP contribution in [0.1, 0.15) is 31.4 Å². The summed E-state index contributed by atoms with van der Waals surface area (Å²) in [6, 6.07) is 2.30. The zero-order valence-corrected chi connectivity index (χ0v) is 24.1. The SMILES string of the molecule is C=C[C@]1(O[Si](C)(C)C)C[C@@]2(C(=O)OCC)[C@H](O)C(=O)N3[C@H](C(=O)OCC)Cc4cc(OC)c(OC)cc4[C@]312. The van der Waals surface area contributed by atoms with Gasteiger partial charge >= 0.3 is 11.9 Å². The topological polar surface area (TPSA) is 121 Å². The molecule has 38 heavy (non-hydrogen) atoms. The van der Waals surface area contributed by atoms with E-state index in [1.807, 2.05) is 19.6 Å². The van der Waals surface area contributed by atoms with E-state index in [2.05, 4.69) is 6.58 Å². The fourth-order valence-electron chi connectivity index (χ4n) is 6.81. The van der Waals surface area contributed by atoms with Gasteiger partial charge in [0.1, 0.15) is 22.6 Å². The van der Waals surface area contributed by atoms with Gasteiger partial charge in [-0.25, -0.2) is 4.79 Å². The van der Waals surface area contributed by atoms with Crippen molar-refractivity contribution in [2.24, 2.45) is 5.41 Å². The third-order valence-electron chi connectivity index (χ3n) is 7.84. The summed E-state index contributed by atoms with van der Waals surface area (Å²) < 4.78 is 28.8. The van der Waals surface area contributed by atoms with E-state index >= 15 is 0 Å². The number of aliphatic hydroxyl groups is 1. The largest absolute Gasteiger partial charge is 0.493 e. The van der Waals surface area contributed by atoms with Crippen LogP contribution in [0.4, 0.5) is 0 Å². The second-order valence-corrected chi connectivity index (χ2v) is 15.3. The standard InChI is InChI=1S/C27H37NO9Si/c1-9-25(37-38(6,7)8)15-26(24(32)36-11-3)21(29)22(30)28-18(23(31)35-10-2)12-16-13-19(33-4)20(34-5)14-17(16)27(25,26)28/h9,13-14,18,21,29H,1,10-12,15H2,2-8H3/t18-,21+,25-,26-,27-/m0/s1. The van der Waals surface area contributed by atoms with Crippen molar-refractivity contribution < 1.29 is 42.9 Å². The molecule has 0 aromatic heterocycles. The molecule has 1 aliphatic carbocycles. The van der Waals surface area contributed by atoms with Gasteiger partial charge in [-0.15, -0.1) is 6.58 Å². The number of carbonyl (C=O) groups is 3. The van der Waals surface area contributed by atoms with Crippen LogP contribution in [0.5, 0.6) is 11.5 Å². The second-order valence-electron chi connectivity index (χ2n) is 10.8. The van der Waals surface area contributed by atoms with E-state index in [1.165, 1.54) is 19.1 Å². The Bertz CT molecular complexity index is 1180. The zero-order valence-electron chi connectivity index (χ0n) is 23.1. The molecule has 3 aliphatic rings. The summed E-state index contributed by atoms with van der Waals surface area (Å²) in [5.74, 6) is -1.38. The van der Waals surface area contributed by atoms with Gasteiger partial charge in [0.25, 0.3) is 5.91 Å². The number of benzene rings is 1. The molecule has 4 rings (SSSR count). The average Bonchev–Trinajstić information content (AvgIpc) is 3.03. The Morgan fingerprint density at radius 2 is 1.74 bits per heavy atom. The molecule has 208 valence electrons. The maximum Gasteiger partial charge on any atom is 0.329 e. The molecule has 2 heterocycles. The quantitative estimate of drug-likeness (QED) is 0.282. The maximum absolute atomic E-state index is 14.0. The van der Waals surface area contributed by atoms with Gasteiger partial charge in [0, 0.05) is 12.8 Å². The van der Waals surface area contributed by atoms with Crippen LogP contribution in [-0.2, 0) is 40.2 Å². The zero-order chi connectivity index (χ0) is 28.3. The molecule has 10 nitrogen and oxygen atoms in total. The molecular formula is C27H37NO9Si. The van der Waals surface area contributed by atoms with Gasteiger partial charge in [0.15, 0.2) is 25.9 Å². The molecule has 2 fully saturated rings. The number of esters is 2. The third-order valence-corrected chi connectivity index (χ3v) is 8.82. The van der Waals surface area contributed by atoms with Gasteiger partial charge in [0.05, 0.1) is 27.4 Å². The number of ether oxygens (including phenoxy) is 4. The van der Waals surface area contributed by atoms with Crippen molar-refractivity contribution in [3.05, 3.63) is 35.9 Å². The minimum atomic E-state index is -2.40. The molecule has 1 saturated carbocycles. The predicted molar refractivity (Wildman–Crippen MR) is 139 cm³/mol. The van der Waals surface area contributed by atoms with Gasteiger partial charge in [-0.05, 0) is 56.7 Å². The Morgan fingerprint density at radius 3 is 2.26 bits per heavy atom. The minimum Gasteiger partial charge on any atom is -0.493 e. The lowest BCUT2D eigenvalue weighted by atomic mass is 9.42. The summed E-state index contributed by atoms with van der Waals surface area (Å²) in [5, 5.41) is 11.6. The molecule has 1 spiro atoms. The van der Waals surface area contributed by atoms with E-state index in [0.29, 0.717) is 22.6 Å². The molecule has 1 amide bonds. The van der Waals surface area contributed by atoms with Crippen molar-refractivity contribution in [2.75, 3.05) is 27.4 Å². The van der Waals surface area contributed by atoms with Gasteiger partial charge in [-0.1, -0.05) is 6.08 Å². The van der Waals surface area contributed by atoms with E-state index in [4.69, 9.17) is 23.4 Å². The highest BCUT2D eigenvalue weighted by molar-refractivity contribution is 6.69. The summed E-state index contributed by atoms with van der Waals surface area (Å²) in [4.78, 5) is 42.6. The number of amides is 1. The van der Waals surface area contributed by atoms with Crippen LogP contribution in [-0.4, -0.2) is 81.3 Å². The van der Waals surface area contributed by atoms with Gasteiger partial charge < -0.3 is 33.4 Å². The predicted octanol–water partition coefficient (Wildman–Crippen LogP) is 2.32. The number of hydrogen-bond donors (Lipinski definition) is 1. The van der Waals surface area contributed by atoms with Crippen LogP contribution in [0.15, 0.2) is 24.8 Å². The highest BCUT2D eigenvalue weighted by Gasteiger charge is 2.90. The number of nitrogens with zero attached hydrogens (tertiary/aromatic N) is 1. The Hall–Kier alpha value is -2.89. The molecular weight excluding hydrogens is 510 g/mol. The van der Waals surface area contributed by atoms with Crippen molar-refractivity contribution in [3.8, 4) is 11.5 Å². The number of fused-ring (bicyclic) bond motifs is 1. The van der Waals surface area contributed by atoms with Crippen LogP contribution in [0.3, 0.4) is 0 Å². The van der Waals surface area contributed by atoms with Crippen molar-refractivity contribution in [1.82, 2.24) is 4.90 Å². The fraction of sp³-hybridized carbons (Fsp3) is 0.593. The van der Waals surface area contributed by atoms with E-state index in [0.717, 1.165) is 0 Å². The number of aliphatic hydroxyl groups excluding tert-OH is 1. The van der Waals surface area contributed by atoms with Gasteiger partial charge in [-0.2, -0.15) is 0 Å². The molecule has 1 aromatic rings. The summed E-state index contributed by atoms with van der Waals surface area (Å²) in [7, 11) is 0.586. The Kier molecular flexibility index (Phi) is 6.95. The van der Waals surface area contributed by atoms with Crippen LogP contribution in [0, 0.1) is 5.41 Å². The summed E-state index contributed by atoms with van der Waals surface area (Å²) >= 11 is 0. The number of methoxy groups -OCH3 is 2. The first kappa shape index (κ1) is 28.1. The summed E-state index contributed by atoms with van der Waals surface area (Å²) in [6.07, 6.45) is -0.168. The molecule has 0 unspecified atom stereocenters. The first-order valence-electron chi connectivity index (χ1n) is 12.8. The van der Waals surface area contributed by atoms with Crippen LogP contribution >= 0.6 is 0 Å². The van der Waals surface area contributed by atoms with Gasteiger partial charge in [0.2, 0.25) is 0 Å². The first-order chi connectivity index (χ1) is 17.8. The normalized spacial score (nSPS) is 31.4. The molecule has 11 heteroatoms. The Labute approximate surface area is 223 Å². The number of rotatable bonds is 9. The lowest BCUT2D eigenvalue weighted by Crippen LogP contribution is -2.82. The molecule has 1 aromatic carbocycles. The highest BCUT2D eigenvalue weighted by Crippen LogP contribution is 2.75. The summed E-state index contributed by atoms with van der Waals surface area (Å²) in [6.45, 7) is 13.5. The highest BCUT2D eigenvalue weighted by atomic mass is 28.4. The maximum atomic E-state index is 14.0. The number of hydrogen-bond acceptors (Lipinski definition) is 9. The summed E-state index contributed by atoms with van der Waals surface area (Å²) in [5.41, 5.74) is -3.60. The monoisotopic (exact) mass is 547 g/mol.